The largest absolute Gasteiger partial charge is 0.507 e. The molecule has 0 spiro atoms. The van der Waals surface area contributed by atoms with Crippen LogP contribution in [0.3, 0.4) is 0 Å². The number of rotatable bonds is 3. The maximum Gasteiger partial charge on any atom is 0.259 e. The van der Waals surface area contributed by atoms with Crippen molar-refractivity contribution in [3.05, 3.63) is 45.1 Å². The quantitative estimate of drug-likeness (QED) is 0.811. The van der Waals surface area contributed by atoms with Crippen molar-refractivity contribution in [3.8, 4) is 11.5 Å². The molecule has 0 saturated heterocycles. The zero-order valence-corrected chi connectivity index (χ0v) is 10.8. The summed E-state index contributed by atoms with van der Waals surface area (Å²) in [5, 5.41) is 21.7. The molecule has 0 unspecified atom stereocenters. The van der Waals surface area contributed by atoms with Crippen LogP contribution in [0.4, 0.5) is 0 Å². The number of hydrogen-bond donors (Lipinski definition) is 3. The number of carbonyl (C=O) groups is 1. The van der Waals surface area contributed by atoms with Crippen LogP contribution in [0.15, 0.2) is 30.3 Å². The van der Waals surface area contributed by atoms with Crippen molar-refractivity contribution >= 4 is 28.8 Å². The Labute approximate surface area is 112 Å². The second-order valence-electron chi connectivity index (χ2n) is 3.56. The Balaban J connectivity index is 2.08. The highest BCUT2D eigenvalue weighted by Crippen LogP contribution is 2.26. The van der Waals surface area contributed by atoms with Crippen LogP contribution in [-0.2, 0) is 6.54 Å². The molecule has 94 valence electrons. The molecule has 1 amide bonds. The summed E-state index contributed by atoms with van der Waals surface area (Å²) in [6, 6.07) is 7.69. The second kappa shape index (κ2) is 5.29. The zero-order valence-electron chi connectivity index (χ0n) is 9.18. The number of amides is 1. The normalized spacial score (nSPS) is 10.3. The van der Waals surface area contributed by atoms with Gasteiger partial charge in [-0.25, -0.2) is 0 Å². The first kappa shape index (κ1) is 12.7. The first-order valence-corrected chi connectivity index (χ1v) is 6.30. The summed E-state index contributed by atoms with van der Waals surface area (Å²) in [6.07, 6.45) is 0. The Morgan fingerprint density at radius 1 is 1.22 bits per heavy atom. The van der Waals surface area contributed by atoms with Crippen LogP contribution in [0.5, 0.6) is 11.5 Å². The highest BCUT2D eigenvalue weighted by atomic mass is 35.5. The van der Waals surface area contributed by atoms with E-state index in [9.17, 15) is 15.0 Å². The van der Waals surface area contributed by atoms with Crippen molar-refractivity contribution in [1.29, 1.82) is 0 Å². The summed E-state index contributed by atoms with van der Waals surface area (Å²) in [5.41, 5.74) is -0.125. The molecule has 1 aromatic carbocycles. The van der Waals surface area contributed by atoms with Gasteiger partial charge >= 0.3 is 0 Å². The van der Waals surface area contributed by atoms with Gasteiger partial charge in [-0.1, -0.05) is 17.7 Å². The number of halogens is 1. The van der Waals surface area contributed by atoms with Gasteiger partial charge < -0.3 is 15.5 Å². The molecule has 0 radical (unpaired) electrons. The highest BCUT2D eigenvalue weighted by Gasteiger charge is 2.15. The van der Waals surface area contributed by atoms with E-state index in [1.165, 1.54) is 29.5 Å². The Kier molecular flexibility index (Phi) is 3.74. The van der Waals surface area contributed by atoms with Gasteiger partial charge in [0.15, 0.2) is 0 Å². The van der Waals surface area contributed by atoms with E-state index < -0.39 is 5.91 Å². The van der Waals surface area contributed by atoms with Crippen molar-refractivity contribution in [2.45, 2.75) is 6.54 Å². The third kappa shape index (κ3) is 2.75. The van der Waals surface area contributed by atoms with Crippen molar-refractivity contribution in [2.24, 2.45) is 0 Å². The van der Waals surface area contributed by atoms with E-state index in [0.717, 1.165) is 4.88 Å². The summed E-state index contributed by atoms with van der Waals surface area (Å²) in [7, 11) is 0. The van der Waals surface area contributed by atoms with Gasteiger partial charge in [0.1, 0.15) is 17.1 Å². The molecule has 0 aliphatic carbocycles. The molecular weight excluding hydrogens is 274 g/mol. The van der Waals surface area contributed by atoms with Gasteiger partial charge in [0, 0.05) is 4.88 Å². The number of hydrogen-bond acceptors (Lipinski definition) is 4. The lowest BCUT2D eigenvalue weighted by atomic mass is 10.1. The predicted octanol–water partition coefficient (Wildman–Crippen LogP) is 2.74. The van der Waals surface area contributed by atoms with Gasteiger partial charge in [0.25, 0.3) is 5.91 Å². The van der Waals surface area contributed by atoms with E-state index in [2.05, 4.69) is 5.32 Å². The van der Waals surface area contributed by atoms with Crippen molar-refractivity contribution in [1.82, 2.24) is 5.32 Å². The third-order valence-corrected chi connectivity index (χ3v) is 3.53. The maximum absolute atomic E-state index is 11.8. The second-order valence-corrected chi connectivity index (χ2v) is 5.36. The fraction of sp³-hybridized carbons (Fsp3) is 0.0833. The molecule has 0 atom stereocenters. The first-order chi connectivity index (χ1) is 8.58. The standard InChI is InChI=1S/C12H10ClNO3S/c13-10-5-4-7(18-10)6-14-12(17)11-8(15)2-1-3-9(11)16/h1-5,15-16H,6H2,(H,14,17). The van der Waals surface area contributed by atoms with Crippen molar-refractivity contribution in [3.63, 3.8) is 0 Å². The van der Waals surface area contributed by atoms with Crippen LogP contribution in [0.2, 0.25) is 4.34 Å². The van der Waals surface area contributed by atoms with Crippen LogP contribution in [-0.4, -0.2) is 16.1 Å². The number of phenolic OH excluding ortho intramolecular Hbond substituents is 2. The maximum atomic E-state index is 11.8. The molecule has 4 nitrogen and oxygen atoms in total. The average molecular weight is 284 g/mol. The van der Waals surface area contributed by atoms with Gasteiger partial charge in [0.05, 0.1) is 10.9 Å². The smallest absolute Gasteiger partial charge is 0.259 e. The van der Waals surface area contributed by atoms with Gasteiger partial charge in [-0.3, -0.25) is 4.79 Å². The van der Waals surface area contributed by atoms with Crippen molar-refractivity contribution in [2.75, 3.05) is 0 Å². The zero-order chi connectivity index (χ0) is 13.1. The molecule has 1 aromatic heterocycles. The summed E-state index contributed by atoms with van der Waals surface area (Å²) < 4.78 is 0.643. The molecular formula is C12H10ClNO3S. The topological polar surface area (TPSA) is 69.6 Å². The molecule has 0 fully saturated rings. The molecule has 2 aromatic rings. The summed E-state index contributed by atoms with van der Waals surface area (Å²) in [6.45, 7) is 0.296. The Hall–Kier alpha value is -1.72. The number of thiophene rings is 1. The number of carbonyl (C=O) groups excluding carboxylic acids is 1. The fourth-order valence-corrected chi connectivity index (χ4v) is 2.49. The lowest BCUT2D eigenvalue weighted by Crippen LogP contribution is -2.22. The van der Waals surface area contributed by atoms with Crippen LogP contribution in [0.25, 0.3) is 0 Å². The summed E-state index contributed by atoms with van der Waals surface area (Å²) >= 11 is 7.13. The highest BCUT2D eigenvalue weighted by molar-refractivity contribution is 7.16. The Morgan fingerprint density at radius 3 is 2.44 bits per heavy atom. The Morgan fingerprint density at radius 2 is 1.89 bits per heavy atom. The van der Waals surface area contributed by atoms with E-state index in [0.29, 0.717) is 10.9 Å². The minimum Gasteiger partial charge on any atom is -0.507 e. The van der Waals surface area contributed by atoms with E-state index in [-0.39, 0.29) is 17.1 Å². The lowest BCUT2D eigenvalue weighted by molar-refractivity contribution is 0.0946. The molecule has 0 saturated carbocycles. The van der Waals surface area contributed by atoms with Gasteiger partial charge in [-0.15, -0.1) is 11.3 Å². The van der Waals surface area contributed by atoms with E-state index in [1.54, 1.807) is 12.1 Å². The Bertz CT molecular complexity index is 562. The molecule has 6 heteroatoms. The predicted molar refractivity (Wildman–Crippen MR) is 70.3 cm³/mol. The van der Waals surface area contributed by atoms with Crippen LogP contribution in [0.1, 0.15) is 15.2 Å². The molecule has 3 N–H and O–H groups in total. The fourth-order valence-electron chi connectivity index (χ4n) is 1.46. The van der Waals surface area contributed by atoms with Crippen LogP contribution < -0.4 is 5.32 Å². The van der Waals surface area contributed by atoms with Gasteiger partial charge in [-0.2, -0.15) is 0 Å². The van der Waals surface area contributed by atoms with E-state index in [4.69, 9.17) is 11.6 Å². The average Bonchev–Trinajstić information content (AvgIpc) is 2.72. The van der Waals surface area contributed by atoms with E-state index >= 15 is 0 Å². The third-order valence-electron chi connectivity index (χ3n) is 2.30. The lowest BCUT2D eigenvalue weighted by Gasteiger charge is -2.07. The molecule has 2 rings (SSSR count). The number of nitrogens with one attached hydrogen (secondary N) is 1. The minimum absolute atomic E-state index is 0.125. The number of phenols is 2. The SMILES string of the molecule is O=C(NCc1ccc(Cl)s1)c1c(O)cccc1O. The molecule has 0 bridgehead atoms. The minimum atomic E-state index is -0.532. The summed E-state index contributed by atoms with van der Waals surface area (Å²) in [4.78, 5) is 12.7. The summed E-state index contributed by atoms with van der Waals surface area (Å²) in [5.74, 6) is -1.04. The van der Waals surface area contributed by atoms with E-state index in [1.807, 2.05) is 0 Å². The van der Waals surface area contributed by atoms with Gasteiger partial charge in [0.2, 0.25) is 0 Å². The monoisotopic (exact) mass is 283 g/mol. The number of aromatic hydroxyl groups is 2. The molecule has 18 heavy (non-hydrogen) atoms. The van der Waals surface area contributed by atoms with Crippen molar-refractivity contribution < 1.29 is 15.0 Å². The molecule has 0 aliphatic heterocycles. The molecule has 0 aliphatic rings. The van der Waals surface area contributed by atoms with Crippen LogP contribution >= 0.6 is 22.9 Å². The molecule has 1 heterocycles. The van der Waals surface area contributed by atoms with Crippen LogP contribution in [0, 0.1) is 0 Å². The number of benzene rings is 1. The van der Waals surface area contributed by atoms with Gasteiger partial charge in [-0.05, 0) is 24.3 Å². The first-order valence-electron chi connectivity index (χ1n) is 5.11.